The van der Waals surface area contributed by atoms with Gasteiger partial charge in [-0.1, -0.05) is 121 Å². The van der Waals surface area contributed by atoms with Crippen LogP contribution in [0.5, 0.6) is 11.5 Å². The van der Waals surface area contributed by atoms with Crippen LogP contribution in [0.4, 0.5) is 11.4 Å². The van der Waals surface area contributed by atoms with Crippen molar-refractivity contribution in [3.05, 3.63) is 131 Å². The standard InChI is InChI=1S/C21H17ClN2O2.C19H13ClN2O2.C3H8.3C2H6/c1-24-19-11-17(22)16(9-14(19)10-21(24)25)13-7-8-18(23-12-13)15-5-3-4-6-20(15)26-2;20-15-9-17-12(8-19(24)22-17)7-14(15)11-5-6-16(21-10-11)13-3-1-2-4-18(13)23;1-3-2;3*1-2/h3-9,11-12H,10H2,1-2H3;1-7,9-10,23H,8H2,(H,22,24);3H2,1-2H3;3*1-2H3. The van der Waals surface area contributed by atoms with E-state index in [4.69, 9.17) is 27.9 Å². The Kier molecular flexibility index (Phi) is 19.1. The maximum Gasteiger partial charge on any atom is 0.231 e. The summed E-state index contributed by atoms with van der Waals surface area (Å²) in [5, 5.41) is 13.9. The second kappa shape index (κ2) is 23.6. The van der Waals surface area contributed by atoms with Crippen LogP contribution < -0.4 is 15.0 Å². The number of phenolic OH excluding ortho intramolecular Hbond substituents is 1. The number of aromatic nitrogens is 2. The van der Waals surface area contributed by atoms with Crippen molar-refractivity contribution in [1.29, 1.82) is 0 Å². The highest BCUT2D eigenvalue weighted by atomic mass is 35.5. The van der Waals surface area contributed by atoms with Crippen molar-refractivity contribution in [3.63, 3.8) is 0 Å². The van der Waals surface area contributed by atoms with E-state index < -0.39 is 0 Å². The van der Waals surface area contributed by atoms with Gasteiger partial charge in [-0.25, -0.2) is 0 Å². The summed E-state index contributed by atoms with van der Waals surface area (Å²) in [6, 6.07) is 30.1. The summed E-state index contributed by atoms with van der Waals surface area (Å²) in [4.78, 5) is 34.1. The molecule has 0 aliphatic carbocycles. The van der Waals surface area contributed by atoms with E-state index in [0.29, 0.717) is 34.1 Å². The number of amides is 2. The second-order valence-electron chi connectivity index (χ2n) is 12.6. The van der Waals surface area contributed by atoms with Crippen molar-refractivity contribution in [3.8, 4) is 56.3 Å². The Morgan fingerprint density at radius 1 is 0.678 bits per heavy atom. The molecule has 2 N–H and O–H groups in total. The number of hydrogen-bond acceptors (Lipinski definition) is 6. The molecule has 6 aromatic rings. The van der Waals surface area contributed by atoms with E-state index in [9.17, 15) is 14.7 Å². The molecule has 0 saturated carbocycles. The summed E-state index contributed by atoms with van der Waals surface area (Å²) in [5.74, 6) is 1.03. The molecule has 0 atom stereocenters. The topological polar surface area (TPSA) is 105 Å². The molecule has 0 saturated heterocycles. The number of carbonyl (C=O) groups excluding carboxylic acids is 2. The molecule has 59 heavy (non-hydrogen) atoms. The number of benzene rings is 4. The number of fused-ring (bicyclic) bond motifs is 2. The number of nitrogens with one attached hydrogen (secondary N) is 1. The molecule has 2 aromatic heterocycles. The molecule has 0 unspecified atom stereocenters. The molecule has 310 valence electrons. The lowest BCUT2D eigenvalue weighted by Crippen LogP contribution is -2.20. The molecule has 0 spiro atoms. The van der Waals surface area contributed by atoms with Crippen molar-refractivity contribution >= 4 is 46.4 Å². The zero-order valence-corrected chi connectivity index (χ0v) is 37.3. The molecule has 8 nitrogen and oxygen atoms in total. The molecule has 10 heteroatoms. The second-order valence-corrected chi connectivity index (χ2v) is 13.4. The summed E-state index contributed by atoms with van der Waals surface area (Å²) in [6.07, 6.45) is 5.54. The fourth-order valence-electron chi connectivity index (χ4n) is 6.14. The van der Waals surface area contributed by atoms with Crippen LogP contribution >= 0.6 is 23.2 Å². The highest BCUT2D eigenvalue weighted by Crippen LogP contribution is 2.39. The lowest BCUT2D eigenvalue weighted by atomic mass is 10.0. The van der Waals surface area contributed by atoms with Crippen molar-refractivity contribution < 1.29 is 19.4 Å². The number of hydrogen-bond donors (Lipinski definition) is 2. The Labute approximate surface area is 360 Å². The quantitative estimate of drug-likeness (QED) is 0.179. The summed E-state index contributed by atoms with van der Waals surface area (Å²) < 4.78 is 5.41. The van der Waals surface area contributed by atoms with E-state index in [2.05, 4.69) is 29.1 Å². The van der Waals surface area contributed by atoms with Gasteiger partial charge in [-0.15, -0.1) is 0 Å². The molecule has 4 heterocycles. The van der Waals surface area contributed by atoms with Gasteiger partial charge in [0.2, 0.25) is 11.8 Å². The first kappa shape index (κ1) is 47.7. The fraction of sp³-hybridized carbons (Fsp3) is 0.265. The van der Waals surface area contributed by atoms with Crippen LogP contribution in [0.1, 0.15) is 72.9 Å². The number of likely N-dealkylation sites (N-methyl/N-ethyl adjacent to an activating group) is 1. The van der Waals surface area contributed by atoms with E-state index in [1.165, 1.54) is 6.42 Å². The van der Waals surface area contributed by atoms with Gasteiger partial charge in [0.25, 0.3) is 0 Å². The summed E-state index contributed by atoms with van der Waals surface area (Å²) >= 11 is 12.8. The number of aromatic hydroxyl groups is 1. The lowest BCUT2D eigenvalue weighted by Gasteiger charge is -2.13. The molecule has 0 radical (unpaired) electrons. The maximum atomic E-state index is 11.9. The van der Waals surface area contributed by atoms with E-state index in [-0.39, 0.29) is 17.6 Å². The molecule has 2 aliphatic rings. The van der Waals surface area contributed by atoms with E-state index in [0.717, 1.165) is 61.8 Å². The van der Waals surface area contributed by atoms with Crippen LogP contribution in [0.2, 0.25) is 10.0 Å². The first-order chi connectivity index (χ1) is 28.6. The average Bonchev–Trinajstić information content (AvgIpc) is 3.78. The summed E-state index contributed by atoms with van der Waals surface area (Å²) in [6.45, 7) is 16.2. The minimum absolute atomic E-state index is 0.0220. The minimum Gasteiger partial charge on any atom is -0.507 e. The molecular formula is C49H56Cl2N4O4. The van der Waals surface area contributed by atoms with Crippen molar-refractivity contribution in [1.82, 2.24) is 9.97 Å². The van der Waals surface area contributed by atoms with Gasteiger partial charge in [-0.05, 0) is 71.8 Å². The van der Waals surface area contributed by atoms with Gasteiger partial charge < -0.3 is 20.1 Å². The Balaban J connectivity index is 0.000000265. The largest absolute Gasteiger partial charge is 0.507 e. The number of pyridine rings is 2. The normalized spacial score (nSPS) is 11.6. The Morgan fingerprint density at radius 2 is 1.19 bits per heavy atom. The number of carbonyl (C=O) groups is 2. The molecule has 2 amide bonds. The number of rotatable bonds is 5. The van der Waals surface area contributed by atoms with Crippen molar-refractivity contribution in [2.24, 2.45) is 0 Å². The van der Waals surface area contributed by atoms with Gasteiger partial charge in [-0.2, -0.15) is 0 Å². The number of anilines is 2. The van der Waals surface area contributed by atoms with E-state index in [1.54, 1.807) is 49.7 Å². The van der Waals surface area contributed by atoms with Gasteiger partial charge in [0.05, 0.1) is 41.4 Å². The first-order valence-electron chi connectivity index (χ1n) is 20.2. The zero-order chi connectivity index (χ0) is 43.6. The molecular weight excluding hydrogens is 779 g/mol. The van der Waals surface area contributed by atoms with Crippen LogP contribution in [-0.2, 0) is 22.4 Å². The monoisotopic (exact) mass is 834 g/mol. The number of ether oxygens (including phenoxy) is 1. The molecule has 4 aromatic carbocycles. The van der Waals surface area contributed by atoms with Crippen LogP contribution in [0, 0.1) is 0 Å². The van der Waals surface area contributed by atoms with Crippen LogP contribution in [0.3, 0.4) is 0 Å². The van der Waals surface area contributed by atoms with Gasteiger partial charge >= 0.3 is 0 Å². The molecule has 2 aliphatic heterocycles. The van der Waals surface area contributed by atoms with Gasteiger partial charge in [-0.3, -0.25) is 19.6 Å². The third-order valence-electron chi connectivity index (χ3n) is 8.78. The van der Waals surface area contributed by atoms with Gasteiger partial charge in [0.15, 0.2) is 0 Å². The predicted molar refractivity (Wildman–Crippen MR) is 248 cm³/mol. The number of phenols is 1. The van der Waals surface area contributed by atoms with Gasteiger partial charge in [0, 0.05) is 64.2 Å². The maximum absolute atomic E-state index is 11.9. The third-order valence-corrected chi connectivity index (χ3v) is 9.40. The Morgan fingerprint density at radius 3 is 1.73 bits per heavy atom. The summed E-state index contributed by atoms with van der Waals surface area (Å²) in [7, 11) is 3.42. The van der Waals surface area contributed by atoms with E-state index in [1.807, 2.05) is 120 Å². The van der Waals surface area contributed by atoms with Crippen LogP contribution in [0.15, 0.2) is 109 Å². The number of halogens is 2. The SMILES string of the molecule is CC.CC.CC.CCC.COc1ccccc1-c1ccc(-c2cc3c(cc2Cl)N(C)C(=O)C3)cn1.O=C1Cc2cc(-c3ccc(-c4ccccc4O)nc3)c(Cl)cc2N1. The smallest absolute Gasteiger partial charge is 0.231 e. The zero-order valence-electron chi connectivity index (χ0n) is 35.8. The number of nitrogens with zero attached hydrogens (tertiary/aromatic N) is 3. The lowest BCUT2D eigenvalue weighted by molar-refractivity contribution is -0.117. The fourth-order valence-corrected chi connectivity index (χ4v) is 6.68. The van der Waals surface area contributed by atoms with Crippen molar-refractivity contribution in [2.45, 2.75) is 74.7 Å². The number of methoxy groups -OCH3 is 1. The predicted octanol–water partition coefficient (Wildman–Crippen LogP) is 13.4. The highest BCUT2D eigenvalue weighted by Gasteiger charge is 2.26. The molecule has 8 rings (SSSR count). The first-order valence-corrected chi connectivity index (χ1v) is 20.9. The summed E-state index contributed by atoms with van der Waals surface area (Å²) in [5.41, 5.74) is 10.2. The number of para-hydroxylation sites is 2. The highest BCUT2D eigenvalue weighted by molar-refractivity contribution is 6.34. The third kappa shape index (κ3) is 11.7. The minimum atomic E-state index is -0.0220. The van der Waals surface area contributed by atoms with Gasteiger partial charge in [0.1, 0.15) is 11.5 Å². The Bertz CT molecular complexity index is 2290. The van der Waals surface area contributed by atoms with Crippen LogP contribution in [0.25, 0.3) is 44.8 Å². The Hall–Kier alpha value is -5.70. The van der Waals surface area contributed by atoms with Crippen molar-refractivity contribution in [2.75, 3.05) is 24.4 Å². The van der Waals surface area contributed by atoms with E-state index >= 15 is 0 Å². The molecule has 0 bridgehead atoms. The van der Waals surface area contributed by atoms with Crippen LogP contribution in [-0.4, -0.2) is 41.0 Å². The average molecular weight is 836 g/mol. The molecule has 0 fully saturated rings.